The van der Waals surface area contributed by atoms with Crippen LogP contribution < -0.4 is 4.65 Å². The van der Waals surface area contributed by atoms with Gasteiger partial charge < -0.3 is 14.8 Å². The highest BCUT2D eigenvalue weighted by molar-refractivity contribution is 6.17. The molecule has 0 aliphatic rings. The summed E-state index contributed by atoms with van der Waals surface area (Å²) in [5.74, 6) is -0.972. The minimum absolute atomic E-state index is 0.0165. The monoisotopic (exact) mass is 165 g/mol. The lowest BCUT2D eigenvalue weighted by Gasteiger charge is -2.03. The number of carboxylic acid groups (broad SMARTS) is 1. The number of hydrogen-bond donors (Lipinski definition) is 2. The van der Waals surface area contributed by atoms with Crippen molar-refractivity contribution in [3.8, 4) is 5.75 Å². The zero-order chi connectivity index (χ0) is 8.97. The van der Waals surface area contributed by atoms with Crippen LogP contribution in [0.3, 0.4) is 0 Å². The van der Waals surface area contributed by atoms with Gasteiger partial charge in [-0.05, 0) is 12.1 Å². The van der Waals surface area contributed by atoms with Gasteiger partial charge in [0.1, 0.15) is 5.75 Å². The maximum absolute atomic E-state index is 10.5. The van der Waals surface area contributed by atoms with Gasteiger partial charge in [-0.25, -0.2) is 4.79 Å². The highest BCUT2D eigenvalue weighted by atomic mass is 16.5. The van der Waals surface area contributed by atoms with E-state index in [0.717, 1.165) is 0 Å². The van der Waals surface area contributed by atoms with Crippen molar-refractivity contribution in [1.82, 2.24) is 0 Å². The highest BCUT2D eigenvalue weighted by Gasteiger charge is 2.09. The van der Waals surface area contributed by atoms with E-state index >= 15 is 0 Å². The van der Waals surface area contributed by atoms with E-state index in [1.54, 1.807) is 12.1 Å². The van der Waals surface area contributed by atoms with Crippen LogP contribution in [0.4, 0.5) is 0 Å². The third-order valence-electron chi connectivity index (χ3n) is 1.30. The minimum atomic E-state index is -1.09. The fourth-order valence-electron chi connectivity index (χ4n) is 0.803. The van der Waals surface area contributed by atoms with E-state index in [0.29, 0.717) is 7.69 Å². The Hall–Kier alpha value is -1.49. The van der Waals surface area contributed by atoms with Crippen LogP contribution in [0.1, 0.15) is 10.4 Å². The third-order valence-corrected chi connectivity index (χ3v) is 1.30. The first kappa shape index (κ1) is 8.61. The van der Waals surface area contributed by atoms with Crippen molar-refractivity contribution in [2.24, 2.45) is 0 Å². The number of rotatable bonds is 3. The molecule has 1 radical (unpaired) electrons. The van der Waals surface area contributed by atoms with E-state index in [-0.39, 0.29) is 11.3 Å². The van der Waals surface area contributed by atoms with Crippen LogP contribution in [0, 0.1) is 0 Å². The Balaban J connectivity index is 3.00. The first-order valence-corrected chi connectivity index (χ1v) is 3.20. The van der Waals surface area contributed by atoms with Gasteiger partial charge in [-0.3, -0.25) is 0 Å². The fourth-order valence-corrected chi connectivity index (χ4v) is 0.803. The van der Waals surface area contributed by atoms with E-state index in [2.05, 4.69) is 4.65 Å². The molecular formula is C7H6BO4. The Morgan fingerprint density at radius 2 is 2.08 bits per heavy atom. The minimum Gasteiger partial charge on any atom is -0.537 e. The molecule has 0 aliphatic carbocycles. The van der Waals surface area contributed by atoms with Crippen molar-refractivity contribution in [3.63, 3.8) is 0 Å². The first-order valence-electron chi connectivity index (χ1n) is 3.20. The Bertz CT molecular complexity index is 286. The molecule has 1 rings (SSSR count). The van der Waals surface area contributed by atoms with Gasteiger partial charge in [-0.1, -0.05) is 12.1 Å². The summed E-state index contributed by atoms with van der Waals surface area (Å²) < 4.78 is 4.55. The molecule has 0 amide bonds. The molecule has 0 heterocycles. The molecule has 1 aromatic rings. The predicted molar refractivity (Wildman–Crippen MR) is 42.0 cm³/mol. The second-order valence-corrected chi connectivity index (χ2v) is 2.02. The van der Waals surface area contributed by atoms with E-state index in [1.807, 2.05) is 0 Å². The number of carbonyl (C=O) groups is 1. The molecule has 0 fully saturated rings. The zero-order valence-corrected chi connectivity index (χ0v) is 6.10. The lowest BCUT2D eigenvalue weighted by Crippen LogP contribution is -2.05. The molecule has 1 aromatic carbocycles. The smallest absolute Gasteiger partial charge is 0.537 e. The molecule has 0 saturated heterocycles. The number of para-hydroxylation sites is 1. The predicted octanol–water partition coefficient (Wildman–Crippen LogP) is 0.290. The summed E-state index contributed by atoms with van der Waals surface area (Å²) in [7, 11) is 0.446. The molecule has 2 N–H and O–H groups in total. The van der Waals surface area contributed by atoms with Crippen LogP contribution in [0.15, 0.2) is 24.3 Å². The highest BCUT2D eigenvalue weighted by Crippen LogP contribution is 2.16. The van der Waals surface area contributed by atoms with Crippen LogP contribution in [0.5, 0.6) is 5.75 Å². The Morgan fingerprint density at radius 1 is 1.42 bits per heavy atom. The van der Waals surface area contributed by atoms with Gasteiger partial charge in [-0.2, -0.15) is 0 Å². The molecule has 4 nitrogen and oxygen atoms in total. The molecule has 0 unspecified atom stereocenters. The van der Waals surface area contributed by atoms with Crippen LogP contribution in [-0.2, 0) is 0 Å². The van der Waals surface area contributed by atoms with Gasteiger partial charge in [0.15, 0.2) is 0 Å². The fraction of sp³-hybridized carbons (Fsp3) is 0. The zero-order valence-electron chi connectivity index (χ0n) is 6.10. The van der Waals surface area contributed by atoms with Gasteiger partial charge >= 0.3 is 13.7 Å². The van der Waals surface area contributed by atoms with Crippen molar-refractivity contribution in [1.29, 1.82) is 0 Å². The average Bonchev–Trinajstić information content (AvgIpc) is 2.05. The van der Waals surface area contributed by atoms with Gasteiger partial charge in [0.2, 0.25) is 0 Å². The summed E-state index contributed by atoms with van der Waals surface area (Å²) in [5, 5.41) is 16.9. The van der Waals surface area contributed by atoms with Gasteiger partial charge in [0, 0.05) is 0 Å². The molecule has 0 bridgehead atoms. The topological polar surface area (TPSA) is 66.8 Å². The SMILES string of the molecule is O=C(O)c1ccccc1O[B]O. The molecule has 0 spiro atoms. The van der Waals surface area contributed by atoms with Crippen molar-refractivity contribution in [2.75, 3.05) is 0 Å². The normalized spacial score (nSPS) is 9.08. The maximum atomic E-state index is 10.5. The summed E-state index contributed by atoms with van der Waals surface area (Å²) in [6.45, 7) is 0. The summed E-state index contributed by atoms with van der Waals surface area (Å²) >= 11 is 0. The van der Waals surface area contributed by atoms with Crippen molar-refractivity contribution < 1.29 is 19.6 Å². The Morgan fingerprint density at radius 3 is 2.67 bits per heavy atom. The van der Waals surface area contributed by atoms with E-state index in [9.17, 15) is 4.79 Å². The molecule has 0 atom stereocenters. The standard InChI is InChI=1S/C7H6BO4/c9-7(10)5-3-1-2-4-6(5)12-8-11/h1-4,11H,(H,9,10). The number of benzene rings is 1. The second-order valence-electron chi connectivity index (χ2n) is 2.02. The largest absolute Gasteiger partial charge is 0.569 e. The third kappa shape index (κ3) is 1.76. The van der Waals surface area contributed by atoms with E-state index in [4.69, 9.17) is 10.1 Å². The summed E-state index contributed by atoms with van der Waals surface area (Å²) in [5.41, 5.74) is 0.0165. The quantitative estimate of drug-likeness (QED) is 0.631. The maximum Gasteiger partial charge on any atom is 0.569 e. The molecule has 5 heteroatoms. The molecule has 0 aromatic heterocycles. The molecule has 61 valence electrons. The first-order chi connectivity index (χ1) is 5.75. The van der Waals surface area contributed by atoms with Crippen molar-refractivity contribution >= 4 is 13.7 Å². The van der Waals surface area contributed by atoms with Crippen LogP contribution >= 0.6 is 0 Å². The number of aromatic carboxylic acids is 1. The van der Waals surface area contributed by atoms with Gasteiger partial charge in [0.05, 0.1) is 5.56 Å². The average molecular weight is 165 g/mol. The summed E-state index contributed by atoms with van der Waals surface area (Å²) in [6.07, 6.45) is 0. The van der Waals surface area contributed by atoms with Gasteiger partial charge in [0.25, 0.3) is 0 Å². The summed E-state index contributed by atoms with van der Waals surface area (Å²) in [4.78, 5) is 10.5. The second kappa shape index (κ2) is 3.78. The Kier molecular flexibility index (Phi) is 2.71. The lowest BCUT2D eigenvalue weighted by molar-refractivity contribution is 0.0695. The lowest BCUT2D eigenvalue weighted by atomic mass is 10.2. The van der Waals surface area contributed by atoms with Crippen LogP contribution in [-0.4, -0.2) is 23.8 Å². The van der Waals surface area contributed by atoms with E-state index in [1.165, 1.54) is 12.1 Å². The van der Waals surface area contributed by atoms with Crippen LogP contribution in [0.2, 0.25) is 0 Å². The molecular weight excluding hydrogens is 159 g/mol. The molecule has 12 heavy (non-hydrogen) atoms. The number of hydrogen-bond acceptors (Lipinski definition) is 3. The van der Waals surface area contributed by atoms with Crippen LogP contribution in [0.25, 0.3) is 0 Å². The summed E-state index contributed by atoms with van der Waals surface area (Å²) in [6, 6.07) is 6.04. The molecule has 0 aliphatic heterocycles. The number of carboxylic acids is 1. The van der Waals surface area contributed by atoms with Gasteiger partial charge in [-0.15, -0.1) is 0 Å². The Labute approximate surface area is 69.7 Å². The van der Waals surface area contributed by atoms with Crippen molar-refractivity contribution in [2.45, 2.75) is 0 Å². The molecule has 0 saturated carbocycles. The van der Waals surface area contributed by atoms with E-state index < -0.39 is 5.97 Å². The van der Waals surface area contributed by atoms with Crippen molar-refractivity contribution in [3.05, 3.63) is 29.8 Å².